The van der Waals surface area contributed by atoms with Crippen molar-refractivity contribution in [1.29, 1.82) is 0 Å². The summed E-state index contributed by atoms with van der Waals surface area (Å²) in [5.74, 6) is -1.28. The van der Waals surface area contributed by atoms with Gasteiger partial charge in [-0.1, -0.05) is 6.08 Å². The van der Waals surface area contributed by atoms with E-state index in [1.807, 2.05) is 6.08 Å². The van der Waals surface area contributed by atoms with Crippen LogP contribution in [0, 0.1) is 0 Å². The molecule has 0 fully saturated rings. The molecular weight excluding hydrogens is 331 g/mol. The summed E-state index contributed by atoms with van der Waals surface area (Å²) in [6, 6.07) is 0. The van der Waals surface area contributed by atoms with Crippen LogP contribution in [-0.2, 0) is 19.1 Å². The van der Waals surface area contributed by atoms with Crippen LogP contribution < -0.4 is 0 Å². The quantitative estimate of drug-likeness (QED) is 0.332. The zero-order valence-corrected chi connectivity index (χ0v) is 11.1. The molecule has 0 aliphatic carbocycles. The molecule has 4 nitrogen and oxygen atoms in total. The summed E-state index contributed by atoms with van der Waals surface area (Å²) < 4.78 is 10.0. The second-order valence-electron chi connectivity index (χ2n) is 2.45. The number of allylic oxidation sites excluding steroid dienone is 2. The number of hydrogen-bond donors (Lipinski definition) is 0. The van der Waals surface area contributed by atoms with E-state index in [0.29, 0.717) is 0 Å². The van der Waals surface area contributed by atoms with Gasteiger partial charge in [-0.2, -0.15) is 0 Å². The van der Waals surface area contributed by atoms with Crippen LogP contribution in [0.2, 0.25) is 0 Å². The average molecular weight is 340 g/mol. The number of carbonyl (C=O) groups is 2. The zero-order chi connectivity index (χ0) is 11.4. The van der Waals surface area contributed by atoms with Crippen LogP contribution >= 0.6 is 33.1 Å². The van der Waals surface area contributed by atoms with Crippen molar-refractivity contribution >= 4 is 49.9 Å². The highest BCUT2D eigenvalue weighted by Crippen LogP contribution is 2.38. The number of rotatable bonds is 2. The van der Waals surface area contributed by atoms with Crippen molar-refractivity contribution in [3.63, 3.8) is 0 Å². The van der Waals surface area contributed by atoms with Crippen LogP contribution in [0.3, 0.4) is 0 Å². The molecule has 6 heteroatoms. The fourth-order valence-corrected chi connectivity index (χ4v) is 3.70. The van der Waals surface area contributed by atoms with E-state index in [1.54, 1.807) is 11.5 Å². The number of ether oxygens (including phenoxy) is 2. The van der Waals surface area contributed by atoms with Gasteiger partial charge < -0.3 is 9.47 Å². The first-order chi connectivity index (χ1) is 7.11. The molecular formula is C9H9IO4S. The Morgan fingerprint density at radius 2 is 1.80 bits per heavy atom. The predicted octanol–water partition coefficient (Wildman–Crippen LogP) is 1.58. The minimum atomic E-state index is -0.640. The molecule has 1 aliphatic rings. The summed E-state index contributed by atoms with van der Waals surface area (Å²) in [6.45, 7) is 0. The van der Waals surface area contributed by atoms with Crippen molar-refractivity contribution in [3.8, 4) is 0 Å². The third kappa shape index (κ3) is 2.69. The Bertz CT molecular complexity index is 377. The highest BCUT2D eigenvalue weighted by atomic mass is 127. The molecule has 0 bridgehead atoms. The molecule has 0 spiro atoms. The third-order valence-electron chi connectivity index (χ3n) is 1.61. The van der Waals surface area contributed by atoms with E-state index in [9.17, 15) is 9.59 Å². The molecule has 1 rings (SSSR count). The summed E-state index contributed by atoms with van der Waals surface area (Å²) in [4.78, 5) is 22.9. The van der Waals surface area contributed by atoms with Crippen LogP contribution in [0.15, 0.2) is 20.5 Å². The molecule has 0 amide bonds. The first kappa shape index (κ1) is 12.4. The maximum Gasteiger partial charge on any atom is 0.351 e. The van der Waals surface area contributed by atoms with E-state index in [4.69, 9.17) is 0 Å². The molecule has 0 radical (unpaired) electrons. The van der Waals surface area contributed by atoms with Crippen LogP contribution in [0.5, 0.6) is 0 Å². The van der Waals surface area contributed by atoms with Gasteiger partial charge in [-0.3, -0.25) is 0 Å². The van der Waals surface area contributed by atoms with Gasteiger partial charge in [-0.05, 0) is 34.1 Å². The zero-order valence-electron chi connectivity index (χ0n) is 8.15. The van der Waals surface area contributed by atoms with E-state index in [1.165, 1.54) is 14.2 Å². The first-order valence-corrected chi connectivity index (χ1v) is 6.29. The van der Waals surface area contributed by atoms with Crippen molar-refractivity contribution in [1.82, 2.24) is 0 Å². The van der Waals surface area contributed by atoms with Crippen molar-refractivity contribution in [3.05, 3.63) is 20.5 Å². The Balaban J connectivity index is 3.22. The topological polar surface area (TPSA) is 52.6 Å². The minimum absolute atomic E-state index is 0.0365. The molecule has 1 unspecified atom stereocenters. The lowest BCUT2D eigenvalue weighted by Crippen LogP contribution is -2.26. The van der Waals surface area contributed by atoms with Gasteiger partial charge in [-0.15, -0.1) is 10.5 Å². The summed E-state index contributed by atoms with van der Waals surface area (Å²) in [6.07, 6.45) is 3.65. The van der Waals surface area contributed by atoms with Gasteiger partial charge in [0.25, 0.3) is 0 Å². The van der Waals surface area contributed by atoms with E-state index >= 15 is 0 Å². The highest BCUT2D eigenvalue weighted by molar-refractivity contribution is 14.1. The van der Waals surface area contributed by atoms with Crippen molar-refractivity contribution in [2.75, 3.05) is 14.2 Å². The Labute approximate surface area is 103 Å². The molecule has 0 aromatic heterocycles. The lowest BCUT2D eigenvalue weighted by atomic mass is 10.4. The van der Waals surface area contributed by atoms with Gasteiger partial charge in [0.2, 0.25) is 0 Å². The smallest absolute Gasteiger partial charge is 0.351 e. The van der Waals surface area contributed by atoms with E-state index in [-0.39, 0.29) is 4.86 Å². The average Bonchev–Trinajstić information content (AvgIpc) is 2.64. The second kappa shape index (κ2) is 5.45. The Kier molecular flexibility index (Phi) is 4.52. The van der Waals surface area contributed by atoms with Gasteiger partial charge in [0.1, 0.15) is 0 Å². The molecule has 1 heterocycles. The van der Waals surface area contributed by atoms with Gasteiger partial charge >= 0.3 is 11.9 Å². The molecule has 0 aromatic carbocycles. The van der Waals surface area contributed by atoms with Gasteiger partial charge in [0, 0.05) is 2.91 Å². The monoisotopic (exact) mass is 340 g/mol. The van der Waals surface area contributed by atoms with Crippen molar-refractivity contribution in [2.45, 2.75) is 0 Å². The lowest BCUT2D eigenvalue weighted by Gasteiger charge is -2.07. The molecule has 1 aliphatic heterocycles. The van der Waals surface area contributed by atoms with Gasteiger partial charge in [0.15, 0.2) is 4.86 Å². The summed E-state index contributed by atoms with van der Waals surface area (Å²) >= 11 is 2.08. The summed E-state index contributed by atoms with van der Waals surface area (Å²) in [5.41, 5.74) is 0. The minimum Gasteiger partial charge on any atom is -0.465 e. The molecule has 0 saturated heterocycles. The lowest BCUT2D eigenvalue weighted by molar-refractivity contribution is -0.137. The van der Waals surface area contributed by atoms with Crippen molar-refractivity contribution < 1.29 is 19.1 Å². The number of halogens is 1. The predicted molar refractivity (Wildman–Crippen MR) is 67.9 cm³/mol. The normalized spacial score (nSPS) is 18.3. The first-order valence-electron chi connectivity index (χ1n) is 3.92. The van der Waals surface area contributed by atoms with Crippen molar-refractivity contribution in [2.24, 2.45) is 0 Å². The highest BCUT2D eigenvalue weighted by Gasteiger charge is 2.25. The van der Waals surface area contributed by atoms with Crippen LogP contribution in [0.25, 0.3) is 0 Å². The molecule has 15 heavy (non-hydrogen) atoms. The summed E-state index contributed by atoms with van der Waals surface area (Å²) in [7, 11) is 1.85. The maximum absolute atomic E-state index is 11.4. The third-order valence-corrected chi connectivity index (χ3v) is 5.16. The fourth-order valence-electron chi connectivity index (χ4n) is 0.946. The molecule has 0 saturated carbocycles. The van der Waals surface area contributed by atoms with Gasteiger partial charge in [0.05, 0.1) is 14.2 Å². The molecule has 82 valence electrons. The molecule has 1 atom stereocenters. The Morgan fingerprint density at radius 1 is 1.27 bits per heavy atom. The Hall–Kier alpha value is -0.630. The summed E-state index contributed by atoms with van der Waals surface area (Å²) in [5, 5.41) is 1.78. The second-order valence-corrected chi connectivity index (χ2v) is 6.14. The largest absolute Gasteiger partial charge is 0.465 e. The fraction of sp³-hybridized carbons (Fsp3) is 0.222. The number of esters is 2. The number of carbonyl (C=O) groups excluding carboxylic acids is 2. The SMILES string of the molecule is COC(=O)C(C(=O)OC)=S1C=CC=C1I. The van der Waals surface area contributed by atoms with Crippen LogP contribution in [-0.4, -0.2) is 31.0 Å². The molecule has 0 aromatic rings. The van der Waals surface area contributed by atoms with Crippen LogP contribution in [0.4, 0.5) is 0 Å². The Morgan fingerprint density at radius 3 is 2.13 bits per heavy atom. The van der Waals surface area contributed by atoms with E-state index < -0.39 is 22.4 Å². The molecule has 0 N–H and O–H groups in total. The van der Waals surface area contributed by atoms with Gasteiger partial charge in [-0.25, -0.2) is 9.59 Å². The maximum atomic E-state index is 11.4. The van der Waals surface area contributed by atoms with E-state index in [2.05, 4.69) is 32.1 Å². The number of hydrogen-bond acceptors (Lipinski definition) is 4. The van der Waals surface area contributed by atoms with Crippen LogP contribution in [0.1, 0.15) is 0 Å². The standard InChI is InChI=1S/C9H9IO4S/c1-13-8(11)7(9(12)14-2)15-5-3-4-6(15)10/h3-5H,1-2H3. The number of methoxy groups -OCH3 is 2. The van der Waals surface area contributed by atoms with E-state index in [0.717, 1.165) is 2.91 Å².